The number of aromatic nitrogens is 4. The highest BCUT2D eigenvalue weighted by Crippen LogP contribution is 2.23. The molecule has 27 heavy (non-hydrogen) atoms. The summed E-state index contributed by atoms with van der Waals surface area (Å²) in [6, 6.07) is 14.7. The van der Waals surface area contributed by atoms with Gasteiger partial charge >= 0.3 is 0 Å². The van der Waals surface area contributed by atoms with E-state index in [1.165, 1.54) is 21.9 Å². The van der Waals surface area contributed by atoms with Crippen molar-refractivity contribution < 1.29 is 9.21 Å². The SMILES string of the molecule is O=C(Cn1cnc2c(oc3ccccc32)c1=O)Nn1cnc2ccccc21. The lowest BCUT2D eigenvalue weighted by Crippen LogP contribution is -2.31. The van der Waals surface area contributed by atoms with E-state index in [-0.39, 0.29) is 18.0 Å². The monoisotopic (exact) mass is 359 g/mol. The second-order valence-electron chi connectivity index (χ2n) is 6.09. The first-order valence-corrected chi connectivity index (χ1v) is 8.29. The molecule has 0 saturated carbocycles. The lowest BCUT2D eigenvalue weighted by atomic mass is 10.2. The zero-order valence-electron chi connectivity index (χ0n) is 14.0. The number of rotatable bonds is 3. The highest BCUT2D eigenvalue weighted by molar-refractivity contribution is 6.01. The van der Waals surface area contributed by atoms with Crippen LogP contribution in [0, 0.1) is 0 Å². The molecular formula is C19H13N5O3. The van der Waals surface area contributed by atoms with Crippen LogP contribution in [0.5, 0.6) is 0 Å². The molecule has 0 fully saturated rings. The van der Waals surface area contributed by atoms with Crippen LogP contribution in [0.3, 0.4) is 0 Å². The standard InChI is InChI=1S/C19H13N5O3/c25-16(22-24-11-20-13-6-2-3-7-14(13)24)9-23-10-21-17-12-5-1-4-8-15(12)27-18(17)19(23)26/h1-8,10-11H,9H2,(H,22,25). The minimum Gasteiger partial charge on any atom is -0.448 e. The average Bonchev–Trinajstić information content (AvgIpc) is 3.26. The van der Waals surface area contributed by atoms with Crippen molar-refractivity contribution in [2.24, 2.45) is 0 Å². The second kappa shape index (κ2) is 5.80. The van der Waals surface area contributed by atoms with Crippen LogP contribution in [0.4, 0.5) is 0 Å². The van der Waals surface area contributed by atoms with Gasteiger partial charge in [-0.05, 0) is 24.3 Å². The van der Waals surface area contributed by atoms with E-state index in [4.69, 9.17) is 4.42 Å². The number of furan rings is 1. The van der Waals surface area contributed by atoms with Crippen molar-refractivity contribution in [1.29, 1.82) is 0 Å². The Balaban J connectivity index is 1.47. The molecule has 0 spiro atoms. The molecule has 132 valence electrons. The van der Waals surface area contributed by atoms with E-state index in [0.29, 0.717) is 11.1 Å². The van der Waals surface area contributed by atoms with E-state index in [1.807, 2.05) is 42.5 Å². The van der Waals surface area contributed by atoms with E-state index >= 15 is 0 Å². The van der Waals surface area contributed by atoms with Gasteiger partial charge in [-0.3, -0.25) is 19.6 Å². The Morgan fingerprint density at radius 2 is 1.85 bits per heavy atom. The molecule has 0 atom stereocenters. The summed E-state index contributed by atoms with van der Waals surface area (Å²) in [5.74, 6) is -0.377. The number of amides is 1. The van der Waals surface area contributed by atoms with Gasteiger partial charge in [0.2, 0.25) is 5.58 Å². The van der Waals surface area contributed by atoms with Gasteiger partial charge in [0.05, 0.1) is 17.4 Å². The second-order valence-corrected chi connectivity index (χ2v) is 6.09. The summed E-state index contributed by atoms with van der Waals surface area (Å²) in [6.45, 7) is -0.189. The Morgan fingerprint density at radius 3 is 2.78 bits per heavy atom. The number of para-hydroxylation sites is 3. The van der Waals surface area contributed by atoms with Crippen LogP contribution in [-0.4, -0.2) is 25.1 Å². The molecule has 0 bridgehead atoms. The molecule has 0 saturated heterocycles. The molecule has 1 N–H and O–H groups in total. The van der Waals surface area contributed by atoms with E-state index in [9.17, 15) is 9.59 Å². The van der Waals surface area contributed by atoms with Crippen molar-refractivity contribution in [3.8, 4) is 0 Å². The van der Waals surface area contributed by atoms with Gasteiger partial charge in [-0.2, -0.15) is 0 Å². The highest BCUT2D eigenvalue weighted by Gasteiger charge is 2.15. The molecule has 5 rings (SSSR count). The number of nitrogens with zero attached hydrogens (tertiary/aromatic N) is 4. The van der Waals surface area contributed by atoms with Crippen molar-refractivity contribution in [2.75, 3.05) is 5.43 Å². The van der Waals surface area contributed by atoms with Gasteiger partial charge in [-0.1, -0.05) is 24.3 Å². The molecule has 5 aromatic rings. The molecule has 2 aromatic carbocycles. The summed E-state index contributed by atoms with van der Waals surface area (Å²) in [7, 11) is 0. The Morgan fingerprint density at radius 1 is 1.04 bits per heavy atom. The van der Waals surface area contributed by atoms with Crippen molar-refractivity contribution in [1.82, 2.24) is 19.2 Å². The predicted octanol–water partition coefficient (Wildman–Crippen LogP) is 2.26. The molecule has 3 aromatic heterocycles. The number of hydrogen-bond acceptors (Lipinski definition) is 5. The van der Waals surface area contributed by atoms with Crippen LogP contribution < -0.4 is 11.0 Å². The van der Waals surface area contributed by atoms with Gasteiger partial charge in [0.25, 0.3) is 11.5 Å². The van der Waals surface area contributed by atoms with Gasteiger partial charge in [-0.15, -0.1) is 0 Å². The fourth-order valence-corrected chi connectivity index (χ4v) is 3.10. The third kappa shape index (κ3) is 2.46. The van der Waals surface area contributed by atoms with Crippen LogP contribution in [-0.2, 0) is 11.3 Å². The van der Waals surface area contributed by atoms with E-state index in [0.717, 1.165) is 16.4 Å². The smallest absolute Gasteiger partial charge is 0.297 e. The zero-order chi connectivity index (χ0) is 18.4. The van der Waals surface area contributed by atoms with Gasteiger partial charge in [0.15, 0.2) is 0 Å². The van der Waals surface area contributed by atoms with Crippen molar-refractivity contribution in [3.63, 3.8) is 0 Å². The molecule has 3 heterocycles. The third-order valence-corrected chi connectivity index (χ3v) is 4.36. The Labute approximate surface area is 151 Å². The first kappa shape index (κ1) is 15.3. The lowest BCUT2D eigenvalue weighted by Gasteiger charge is -2.08. The number of carbonyl (C=O) groups is 1. The maximum atomic E-state index is 12.7. The largest absolute Gasteiger partial charge is 0.448 e. The topological polar surface area (TPSA) is 95.0 Å². The Bertz CT molecular complexity index is 1380. The Kier molecular flexibility index (Phi) is 3.29. The van der Waals surface area contributed by atoms with Crippen LogP contribution in [0.1, 0.15) is 0 Å². The summed E-state index contributed by atoms with van der Waals surface area (Å²) in [5.41, 5.74) is 5.06. The first-order valence-electron chi connectivity index (χ1n) is 8.29. The summed E-state index contributed by atoms with van der Waals surface area (Å²) in [5, 5.41) is 0.770. The van der Waals surface area contributed by atoms with Crippen molar-refractivity contribution in [3.05, 3.63) is 71.5 Å². The van der Waals surface area contributed by atoms with Gasteiger partial charge in [0.1, 0.15) is 24.0 Å². The van der Waals surface area contributed by atoms with Gasteiger partial charge in [0, 0.05) is 5.39 Å². The number of imidazole rings is 1. The maximum absolute atomic E-state index is 12.7. The van der Waals surface area contributed by atoms with Crippen LogP contribution in [0.15, 0.2) is 70.4 Å². The highest BCUT2D eigenvalue weighted by atomic mass is 16.3. The number of fused-ring (bicyclic) bond motifs is 4. The quantitative estimate of drug-likeness (QED) is 0.533. The van der Waals surface area contributed by atoms with Gasteiger partial charge < -0.3 is 4.42 Å². The average molecular weight is 359 g/mol. The summed E-state index contributed by atoms with van der Waals surface area (Å²) < 4.78 is 8.37. The number of nitrogens with one attached hydrogen (secondary N) is 1. The zero-order valence-corrected chi connectivity index (χ0v) is 14.0. The molecule has 8 nitrogen and oxygen atoms in total. The first-order chi connectivity index (χ1) is 13.2. The third-order valence-electron chi connectivity index (χ3n) is 4.36. The number of carbonyl (C=O) groups excluding carboxylic acids is 1. The van der Waals surface area contributed by atoms with E-state index in [2.05, 4.69) is 15.4 Å². The molecule has 8 heteroatoms. The van der Waals surface area contributed by atoms with Crippen molar-refractivity contribution in [2.45, 2.75) is 6.54 Å². The summed E-state index contributed by atoms with van der Waals surface area (Å²) >= 11 is 0. The molecule has 1 amide bonds. The Hall–Kier alpha value is -3.94. The number of benzene rings is 2. The van der Waals surface area contributed by atoms with Crippen LogP contribution in [0.2, 0.25) is 0 Å². The fourth-order valence-electron chi connectivity index (χ4n) is 3.10. The molecule has 0 aliphatic carbocycles. The minimum atomic E-state index is -0.401. The lowest BCUT2D eigenvalue weighted by molar-refractivity contribution is -0.117. The normalized spacial score (nSPS) is 11.4. The van der Waals surface area contributed by atoms with Crippen LogP contribution in [0.25, 0.3) is 33.1 Å². The fraction of sp³-hybridized carbons (Fsp3) is 0.0526. The summed E-state index contributed by atoms with van der Waals surface area (Å²) in [4.78, 5) is 33.6. The molecule has 0 radical (unpaired) electrons. The van der Waals surface area contributed by atoms with Crippen LogP contribution >= 0.6 is 0 Å². The minimum absolute atomic E-state index is 0.139. The molecule has 0 unspecified atom stereocenters. The maximum Gasteiger partial charge on any atom is 0.297 e. The van der Waals surface area contributed by atoms with Crippen molar-refractivity contribution >= 4 is 39.0 Å². The molecule has 0 aliphatic heterocycles. The predicted molar refractivity (Wildman–Crippen MR) is 99.9 cm³/mol. The molecular weight excluding hydrogens is 346 g/mol. The molecule has 0 aliphatic rings. The van der Waals surface area contributed by atoms with E-state index in [1.54, 1.807) is 6.07 Å². The summed E-state index contributed by atoms with van der Waals surface area (Å²) in [6.07, 6.45) is 2.88. The number of hydrogen-bond donors (Lipinski definition) is 1. The van der Waals surface area contributed by atoms with Gasteiger partial charge in [-0.25, -0.2) is 14.6 Å². The van der Waals surface area contributed by atoms with E-state index < -0.39 is 5.56 Å².